The second-order valence-corrected chi connectivity index (χ2v) is 4.60. The van der Waals surface area contributed by atoms with Crippen LogP contribution in [0, 0.1) is 0 Å². The Morgan fingerprint density at radius 1 is 1.32 bits per heavy atom. The van der Waals surface area contributed by atoms with Crippen LogP contribution in [0.25, 0.3) is 0 Å². The highest BCUT2D eigenvalue weighted by molar-refractivity contribution is 5.95. The number of rotatable bonds is 2. The summed E-state index contributed by atoms with van der Waals surface area (Å²) in [6, 6.07) is 5.11. The Hall–Kier alpha value is -2.50. The first-order chi connectivity index (χ1) is 9.15. The van der Waals surface area contributed by atoms with E-state index in [9.17, 15) is 4.79 Å². The number of fused-ring (bicyclic) bond motifs is 1. The fourth-order valence-corrected chi connectivity index (χ4v) is 2.35. The summed E-state index contributed by atoms with van der Waals surface area (Å²) in [5.74, 6) is 0.551. The van der Waals surface area contributed by atoms with Crippen molar-refractivity contribution in [1.82, 2.24) is 9.55 Å². The van der Waals surface area contributed by atoms with Crippen molar-refractivity contribution >= 4 is 17.3 Å². The second-order valence-electron chi connectivity index (χ2n) is 4.60. The highest BCUT2D eigenvalue weighted by atomic mass is 16.1. The lowest BCUT2D eigenvalue weighted by Gasteiger charge is -2.30. The molecule has 0 aliphatic carbocycles. The summed E-state index contributed by atoms with van der Waals surface area (Å²) in [5.41, 5.74) is 13.3. The van der Waals surface area contributed by atoms with Crippen LogP contribution >= 0.6 is 0 Å². The molecule has 2 heterocycles. The summed E-state index contributed by atoms with van der Waals surface area (Å²) in [4.78, 5) is 17.7. The van der Waals surface area contributed by atoms with Gasteiger partial charge in [0.05, 0.1) is 17.9 Å². The summed E-state index contributed by atoms with van der Waals surface area (Å²) in [6.45, 7) is 2.37. The van der Waals surface area contributed by atoms with E-state index in [2.05, 4.69) is 14.5 Å². The molecular formula is C13H15N5O. The Morgan fingerprint density at radius 2 is 2.16 bits per heavy atom. The van der Waals surface area contributed by atoms with E-state index in [-0.39, 0.29) is 0 Å². The zero-order valence-corrected chi connectivity index (χ0v) is 10.4. The molecule has 98 valence electrons. The predicted molar refractivity (Wildman–Crippen MR) is 72.6 cm³/mol. The van der Waals surface area contributed by atoms with E-state index < -0.39 is 5.91 Å². The quantitative estimate of drug-likeness (QED) is 0.770. The number of amides is 1. The molecule has 0 unspecified atom stereocenters. The number of carbonyl (C=O) groups excluding carboxylic acids is 1. The summed E-state index contributed by atoms with van der Waals surface area (Å²) < 4.78 is 2.12. The number of nitrogen functional groups attached to an aromatic ring is 1. The average Bonchev–Trinajstić information content (AvgIpc) is 2.86. The van der Waals surface area contributed by atoms with Gasteiger partial charge in [-0.25, -0.2) is 4.98 Å². The Balaban J connectivity index is 1.95. The van der Waals surface area contributed by atoms with Crippen LogP contribution < -0.4 is 16.4 Å². The highest BCUT2D eigenvalue weighted by Gasteiger charge is 2.19. The fourth-order valence-electron chi connectivity index (χ4n) is 2.35. The van der Waals surface area contributed by atoms with E-state index in [1.807, 2.05) is 6.20 Å². The summed E-state index contributed by atoms with van der Waals surface area (Å²) in [6.07, 6.45) is 3.76. The third kappa shape index (κ3) is 2.01. The molecular weight excluding hydrogens is 242 g/mol. The molecule has 1 aromatic carbocycles. The Morgan fingerprint density at radius 3 is 2.95 bits per heavy atom. The SMILES string of the molecule is NC(=O)c1ccc(N)c(N2CCn3ccnc3C2)c1. The smallest absolute Gasteiger partial charge is 0.248 e. The molecule has 4 N–H and O–H groups in total. The first-order valence-electron chi connectivity index (χ1n) is 6.09. The molecule has 6 heteroatoms. The van der Waals surface area contributed by atoms with Crippen molar-refractivity contribution in [3.63, 3.8) is 0 Å². The maximum absolute atomic E-state index is 11.3. The van der Waals surface area contributed by atoms with E-state index >= 15 is 0 Å². The first kappa shape index (κ1) is 11.6. The normalized spacial score (nSPS) is 14.2. The third-order valence-electron chi connectivity index (χ3n) is 3.40. The van der Waals surface area contributed by atoms with E-state index in [4.69, 9.17) is 11.5 Å². The van der Waals surface area contributed by atoms with E-state index in [0.29, 0.717) is 17.8 Å². The van der Waals surface area contributed by atoms with Gasteiger partial charge in [0.2, 0.25) is 5.91 Å². The molecule has 0 saturated carbocycles. The molecule has 0 fully saturated rings. The molecule has 0 atom stereocenters. The van der Waals surface area contributed by atoms with Crippen LogP contribution in [-0.4, -0.2) is 22.0 Å². The Bertz CT molecular complexity index is 634. The molecule has 1 aliphatic heterocycles. The fraction of sp³-hybridized carbons (Fsp3) is 0.231. The molecule has 0 spiro atoms. The van der Waals surface area contributed by atoms with Crippen molar-refractivity contribution < 1.29 is 4.79 Å². The molecule has 2 aromatic rings. The van der Waals surface area contributed by atoms with Crippen molar-refractivity contribution in [3.05, 3.63) is 42.0 Å². The number of carbonyl (C=O) groups is 1. The first-order valence-corrected chi connectivity index (χ1v) is 6.09. The maximum atomic E-state index is 11.3. The van der Waals surface area contributed by atoms with E-state index in [0.717, 1.165) is 24.6 Å². The minimum atomic E-state index is -0.445. The van der Waals surface area contributed by atoms with E-state index in [1.165, 1.54) is 0 Å². The van der Waals surface area contributed by atoms with Gasteiger partial charge in [-0.1, -0.05) is 0 Å². The van der Waals surface area contributed by atoms with Crippen molar-refractivity contribution in [1.29, 1.82) is 0 Å². The van der Waals surface area contributed by atoms with Gasteiger partial charge < -0.3 is 20.9 Å². The second kappa shape index (κ2) is 4.31. The number of nitrogens with zero attached hydrogens (tertiary/aromatic N) is 3. The minimum absolute atomic E-state index is 0.445. The lowest BCUT2D eigenvalue weighted by Crippen LogP contribution is -2.34. The zero-order valence-electron chi connectivity index (χ0n) is 10.4. The molecule has 1 aliphatic rings. The van der Waals surface area contributed by atoms with Gasteiger partial charge in [0.1, 0.15) is 5.82 Å². The van der Waals surface area contributed by atoms with Gasteiger partial charge in [0.15, 0.2) is 0 Å². The highest BCUT2D eigenvalue weighted by Crippen LogP contribution is 2.27. The van der Waals surface area contributed by atoms with Gasteiger partial charge in [-0.3, -0.25) is 4.79 Å². The Kier molecular flexibility index (Phi) is 2.63. The number of nitrogens with two attached hydrogens (primary N) is 2. The van der Waals surface area contributed by atoms with Crippen LogP contribution in [0.4, 0.5) is 11.4 Å². The average molecular weight is 257 g/mol. The predicted octanol–water partition coefficient (Wildman–Crippen LogP) is 0.584. The van der Waals surface area contributed by atoms with Gasteiger partial charge in [0.25, 0.3) is 0 Å². The van der Waals surface area contributed by atoms with Crippen molar-refractivity contribution in [2.24, 2.45) is 5.73 Å². The van der Waals surface area contributed by atoms with Crippen molar-refractivity contribution in [2.45, 2.75) is 13.1 Å². The number of hydrogen-bond acceptors (Lipinski definition) is 4. The van der Waals surface area contributed by atoms with E-state index in [1.54, 1.807) is 24.4 Å². The number of benzene rings is 1. The monoisotopic (exact) mass is 257 g/mol. The Labute approximate surface area is 110 Å². The lowest BCUT2D eigenvalue weighted by atomic mass is 10.1. The molecule has 1 aromatic heterocycles. The van der Waals surface area contributed by atoms with Crippen LogP contribution in [0.15, 0.2) is 30.6 Å². The van der Waals surface area contributed by atoms with Gasteiger partial charge in [0, 0.05) is 31.0 Å². The summed E-state index contributed by atoms with van der Waals surface area (Å²) in [5, 5.41) is 0. The molecule has 6 nitrogen and oxygen atoms in total. The minimum Gasteiger partial charge on any atom is -0.397 e. The number of anilines is 2. The van der Waals surface area contributed by atoms with Crippen LogP contribution in [0.3, 0.4) is 0 Å². The van der Waals surface area contributed by atoms with Gasteiger partial charge >= 0.3 is 0 Å². The molecule has 0 radical (unpaired) electrons. The van der Waals surface area contributed by atoms with Gasteiger partial charge in [-0.15, -0.1) is 0 Å². The molecule has 3 rings (SSSR count). The van der Waals surface area contributed by atoms with Crippen molar-refractivity contribution in [3.8, 4) is 0 Å². The number of imidazole rings is 1. The largest absolute Gasteiger partial charge is 0.397 e. The third-order valence-corrected chi connectivity index (χ3v) is 3.40. The van der Waals surface area contributed by atoms with Crippen LogP contribution in [0.1, 0.15) is 16.2 Å². The summed E-state index contributed by atoms with van der Waals surface area (Å²) in [7, 11) is 0. The lowest BCUT2D eigenvalue weighted by molar-refractivity contribution is 0.100. The molecule has 0 saturated heterocycles. The molecule has 1 amide bonds. The molecule has 19 heavy (non-hydrogen) atoms. The molecule has 0 bridgehead atoms. The van der Waals surface area contributed by atoms with Crippen LogP contribution in [0.2, 0.25) is 0 Å². The number of hydrogen-bond donors (Lipinski definition) is 2. The van der Waals surface area contributed by atoms with Crippen LogP contribution in [0.5, 0.6) is 0 Å². The van der Waals surface area contributed by atoms with Crippen molar-refractivity contribution in [2.75, 3.05) is 17.2 Å². The maximum Gasteiger partial charge on any atom is 0.248 e. The van der Waals surface area contributed by atoms with Gasteiger partial charge in [-0.05, 0) is 18.2 Å². The number of aromatic nitrogens is 2. The standard InChI is InChI=1S/C13H15N5O/c14-10-2-1-9(13(15)19)7-11(10)18-6-5-17-4-3-16-12(17)8-18/h1-4,7H,5-6,8,14H2,(H2,15,19). The number of primary amides is 1. The summed E-state index contributed by atoms with van der Waals surface area (Å²) >= 11 is 0. The topological polar surface area (TPSA) is 90.2 Å². The van der Waals surface area contributed by atoms with Gasteiger partial charge in [-0.2, -0.15) is 0 Å². The zero-order chi connectivity index (χ0) is 13.4. The van der Waals surface area contributed by atoms with Crippen LogP contribution in [-0.2, 0) is 13.1 Å².